The predicted octanol–water partition coefficient (Wildman–Crippen LogP) is 1.92. The zero-order valence-corrected chi connectivity index (χ0v) is 9.95. The summed E-state index contributed by atoms with van der Waals surface area (Å²) in [6, 6.07) is 0. The van der Waals surface area contributed by atoms with Crippen molar-refractivity contribution in [3.05, 3.63) is 11.7 Å². The van der Waals surface area contributed by atoms with Crippen LogP contribution in [0.25, 0.3) is 0 Å². The van der Waals surface area contributed by atoms with Gasteiger partial charge in [-0.15, -0.1) is 0 Å². The molecule has 0 amide bonds. The van der Waals surface area contributed by atoms with E-state index in [4.69, 9.17) is 4.52 Å². The molecule has 0 spiro atoms. The van der Waals surface area contributed by atoms with Gasteiger partial charge < -0.3 is 9.63 Å². The van der Waals surface area contributed by atoms with Crippen LogP contribution in [0, 0.1) is 0 Å². The lowest BCUT2D eigenvalue weighted by Crippen LogP contribution is -2.16. The van der Waals surface area contributed by atoms with E-state index in [2.05, 4.69) is 10.1 Å². The van der Waals surface area contributed by atoms with Gasteiger partial charge in [0, 0.05) is 17.4 Å². The Morgan fingerprint density at radius 3 is 2.75 bits per heavy atom. The van der Waals surface area contributed by atoms with Gasteiger partial charge in [0.15, 0.2) is 5.82 Å². The Morgan fingerprint density at radius 1 is 1.25 bits per heavy atom. The number of thioether (sulfide) groups is 1. The molecule has 5 heteroatoms. The number of hydrogen-bond donors (Lipinski definition) is 1. The van der Waals surface area contributed by atoms with Crippen LogP contribution in [0.1, 0.15) is 49.2 Å². The van der Waals surface area contributed by atoms with Crippen molar-refractivity contribution in [2.75, 3.05) is 11.5 Å². The van der Waals surface area contributed by atoms with E-state index >= 15 is 0 Å². The zero-order valence-electron chi connectivity index (χ0n) is 9.13. The monoisotopic (exact) mass is 240 g/mol. The largest absolute Gasteiger partial charge is 0.391 e. The second-order valence-corrected chi connectivity index (χ2v) is 5.76. The Morgan fingerprint density at radius 2 is 2.06 bits per heavy atom. The summed E-state index contributed by atoms with van der Waals surface area (Å²) in [5.74, 6) is 3.71. The number of hydrogen-bond acceptors (Lipinski definition) is 5. The molecule has 1 aliphatic carbocycles. The second kappa shape index (κ2) is 4.37. The molecule has 0 radical (unpaired) electrons. The van der Waals surface area contributed by atoms with Gasteiger partial charge in [0.1, 0.15) is 0 Å². The lowest BCUT2D eigenvalue weighted by molar-refractivity contribution is 0.164. The Kier molecular flexibility index (Phi) is 2.90. The standard InChI is InChI=1S/C11H16N2O2S/c14-9-6-16-5-8(9)11-12-10(13-15-11)7-3-1-2-4-7/h7-9,14H,1-6H2. The quantitative estimate of drug-likeness (QED) is 0.855. The van der Waals surface area contributed by atoms with E-state index in [1.54, 1.807) is 11.8 Å². The molecule has 16 heavy (non-hydrogen) atoms. The third-order valence-corrected chi connectivity index (χ3v) is 4.72. The lowest BCUT2D eigenvalue weighted by atomic mass is 10.1. The van der Waals surface area contributed by atoms with Crippen LogP contribution in [-0.2, 0) is 0 Å². The van der Waals surface area contributed by atoms with E-state index in [1.807, 2.05) is 0 Å². The lowest BCUT2D eigenvalue weighted by Gasteiger charge is -2.06. The number of nitrogens with zero attached hydrogens (tertiary/aromatic N) is 2. The Bertz CT molecular complexity index is 363. The van der Waals surface area contributed by atoms with Crippen LogP contribution in [0.2, 0.25) is 0 Å². The van der Waals surface area contributed by atoms with Gasteiger partial charge >= 0.3 is 0 Å². The van der Waals surface area contributed by atoms with Crippen molar-refractivity contribution < 1.29 is 9.63 Å². The van der Waals surface area contributed by atoms with Crippen LogP contribution < -0.4 is 0 Å². The van der Waals surface area contributed by atoms with Crippen molar-refractivity contribution in [1.29, 1.82) is 0 Å². The van der Waals surface area contributed by atoms with Crippen molar-refractivity contribution in [2.45, 2.75) is 43.6 Å². The summed E-state index contributed by atoms with van der Waals surface area (Å²) in [5, 5.41) is 13.8. The first-order valence-corrected chi connectivity index (χ1v) is 7.09. The number of rotatable bonds is 2. The molecule has 2 heterocycles. The van der Waals surface area contributed by atoms with Gasteiger partial charge in [0.05, 0.1) is 12.0 Å². The highest BCUT2D eigenvalue weighted by molar-refractivity contribution is 7.99. The molecule has 88 valence electrons. The molecule has 3 rings (SSSR count). The van der Waals surface area contributed by atoms with E-state index in [-0.39, 0.29) is 12.0 Å². The molecular weight excluding hydrogens is 224 g/mol. The first-order valence-electron chi connectivity index (χ1n) is 5.94. The summed E-state index contributed by atoms with van der Waals surface area (Å²) in [5.41, 5.74) is 0. The fraction of sp³-hybridized carbons (Fsp3) is 0.818. The maximum absolute atomic E-state index is 9.77. The predicted molar refractivity (Wildman–Crippen MR) is 61.6 cm³/mol. The molecule has 1 N–H and O–H groups in total. The third-order valence-electron chi connectivity index (χ3n) is 3.55. The second-order valence-electron chi connectivity index (χ2n) is 4.68. The highest BCUT2D eigenvalue weighted by Gasteiger charge is 2.33. The molecule has 0 aromatic carbocycles. The molecule has 1 saturated carbocycles. The molecule has 1 saturated heterocycles. The average molecular weight is 240 g/mol. The van der Waals surface area contributed by atoms with Crippen LogP contribution in [0.5, 0.6) is 0 Å². The van der Waals surface area contributed by atoms with Gasteiger partial charge in [-0.25, -0.2) is 0 Å². The molecule has 2 fully saturated rings. The van der Waals surface area contributed by atoms with Crippen LogP contribution in [0.15, 0.2) is 4.52 Å². The fourth-order valence-electron chi connectivity index (χ4n) is 2.53. The van der Waals surface area contributed by atoms with Gasteiger partial charge in [0.25, 0.3) is 0 Å². The van der Waals surface area contributed by atoms with Crippen LogP contribution in [-0.4, -0.2) is 32.9 Å². The zero-order chi connectivity index (χ0) is 11.0. The molecule has 1 aromatic rings. The molecule has 1 aliphatic heterocycles. The van der Waals surface area contributed by atoms with Gasteiger partial charge in [-0.1, -0.05) is 18.0 Å². The smallest absolute Gasteiger partial charge is 0.233 e. The van der Waals surface area contributed by atoms with Gasteiger partial charge in [-0.05, 0) is 12.8 Å². The maximum atomic E-state index is 9.77. The summed E-state index contributed by atoms with van der Waals surface area (Å²) < 4.78 is 5.30. The minimum Gasteiger partial charge on any atom is -0.391 e. The summed E-state index contributed by atoms with van der Waals surface area (Å²) in [6.07, 6.45) is 4.59. The Balaban J connectivity index is 1.76. The summed E-state index contributed by atoms with van der Waals surface area (Å²) in [4.78, 5) is 4.47. The van der Waals surface area contributed by atoms with Crippen LogP contribution in [0.4, 0.5) is 0 Å². The molecular formula is C11H16N2O2S. The number of aromatic nitrogens is 2. The van der Waals surface area contributed by atoms with Crippen molar-refractivity contribution in [3.63, 3.8) is 0 Å². The molecule has 1 aromatic heterocycles. The summed E-state index contributed by atoms with van der Waals surface area (Å²) in [6.45, 7) is 0. The minimum absolute atomic E-state index is 0.0488. The number of aliphatic hydroxyl groups is 1. The van der Waals surface area contributed by atoms with Crippen molar-refractivity contribution >= 4 is 11.8 Å². The van der Waals surface area contributed by atoms with Crippen molar-refractivity contribution in [3.8, 4) is 0 Å². The first kappa shape index (κ1) is 10.6. The van der Waals surface area contributed by atoms with E-state index in [0.717, 1.165) is 17.3 Å². The van der Waals surface area contributed by atoms with Crippen LogP contribution in [0.3, 0.4) is 0 Å². The summed E-state index contributed by atoms with van der Waals surface area (Å²) >= 11 is 1.75. The minimum atomic E-state index is -0.318. The third kappa shape index (κ3) is 1.86. The molecule has 2 aliphatic rings. The SMILES string of the molecule is OC1CSCC1c1nc(C2CCCC2)no1. The molecule has 2 atom stereocenters. The average Bonchev–Trinajstić information content (AvgIpc) is 2.96. The molecule has 2 unspecified atom stereocenters. The van der Waals surface area contributed by atoms with E-state index < -0.39 is 0 Å². The van der Waals surface area contributed by atoms with Crippen molar-refractivity contribution in [1.82, 2.24) is 10.1 Å². The Labute approximate surface area is 98.8 Å². The van der Waals surface area contributed by atoms with Crippen molar-refractivity contribution in [2.24, 2.45) is 0 Å². The van der Waals surface area contributed by atoms with E-state index in [1.165, 1.54) is 25.7 Å². The van der Waals surface area contributed by atoms with Gasteiger partial charge in [-0.2, -0.15) is 16.7 Å². The topological polar surface area (TPSA) is 59.2 Å². The Hall–Kier alpha value is -0.550. The highest BCUT2D eigenvalue weighted by Crippen LogP contribution is 2.35. The molecule has 4 nitrogen and oxygen atoms in total. The van der Waals surface area contributed by atoms with E-state index in [9.17, 15) is 5.11 Å². The van der Waals surface area contributed by atoms with Gasteiger partial charge in [0.2, 0.25) is 5.89 Å². The normalized spacial score (nSPS) is 31.3. The fourth-order valence-corrected chi connectivity index (χ4v) is 3.76. The maximum Gasteiger partial charge on any atom is 0.233 e. The van der Waals surface area contributed by atoms with E-state index in [0.29, 0.717) is 11.8 Å². The highest BCUT2D eigenvalue weighted by atomic mass is 32.2. The molecule has 0 bridgehead atoms. The van der Waals surface area contributed by atoms with Gasteiger partial charge in [-0.3, -0.25) is 0 Å². The van der Waals surface area contributed by atoms with Crippen LogP contribution >= 0.6 is 11.8 Å². The number of aliphatic hydroxyl groups excluding tert-OH is 1. The first-order chi connectivity index (χ1) is 7.84. The summed E-state index contributed by atoms with van der Waals surface area (Å²) in [7, 11) is 0.